The zero-order valence-corrected chi connectivity index (χ0v) is 8.78. The molecule has 1 N–H and O–H groups in total. The van der Waals surface area contributed by atoms with Gasteiger partial charge in [-0.25, -0.2) is 4.79 Å². The van der Waals surface area contributed by atoms with Gasteiger partial charge in [0, 0.05) is 12.1 Å². The Labute approximate surface area is 91.8 Å². The number of imide groups is 1. The van der Waals surface area contributed by atoms with E-state index in [1.54, 1.807) is 31.3 Å². The maximum atomic E-state index is 11.5. The first kappa shape index (κ1) is 9.98. The predicted octanol–water partition coefficient (Wildman–Crippen LogP) is 1.56. The van der Waals surface area contributed by atoms with Crippen LogP contribution in [-0.4, -0.2) is 23.9 Å². The molecule has 0 aromatic heterocycles. The van der Waals surface area contributed by atoms with Gasteiger partial charge in [-0.15, -0.1) is 0 Å². The van der Waals surface area contributed by atoms with E-state index in [1.165, 1.54) is 4.90 Å². The van der Waals surface area contributed by atoms with E-state index in [-0.39, 0.29) is 11.9 Å². The molecule has 4 nitrogen and oxygen atoms in total. The van der Waals surface area contributed by atoms with Crippen molar-refractivity contribution in [3.8, 4) is 0 Å². The first-order valence-electron chi connectivity index (χ1n) is 4.42. The minimum Gasteiger partial charge on any atom is -0.311 e. The molecular weight excluding hydrogens is 216 g/mol. The summed E-state index contributed by atoms with van der Waals surface area (Å²) in [5.74, 6) is -0.301. The molecule has 78 valence electrons. The fourth-order valence-electron chi connectivity index (χ4n) is 1.58. The minimum atomic E-state index is -0.547. The molecule has 1 aromatic carbocycles. The van der Waals surface area contributed by atoms with E-state index in [1.807, 2.05) is 0 Å². The van der Waals surface area contributed by atoms with Gasteiger partial charge in [-0.3, -0.25) is 10.1 Å². The lowest BCUT2D eigenvalue weighted by atomic mass is 10.1. The molecule has 0 spiro atoms. The number of amides is 3. The van der Waals surface area contributed by atoms with Crippen molar-refractivity contribution in [1.29, 1.82) is 0 Å². The Morgan fingerprint density at radius 1 is 1.27 bits per heavy atom. The molecule has 5 heteroatoms. The van der Waals surface area contributed by atoms with Crippen LogP contribution in [-0.2, 0) is 4.79 Å². The molecule has 15 heavy (non-hydrogen) atoms. The molecule has 1 aromatic rings. The second-order valence-corrected chi connectivity index (χ2v) is 3.80. The minimum absolute atomic E-state index is 0.301. The first-order chi connectivity index (χ1) is 7.09. The van der Waals surface area contributed by atoms with Gasteiger partial charge in [-0.1, -0.05) is 23.7 Å². The number of likely N-dealkylation sites (N-methyl/N-ethyl adjacent to an activating group) is 1. The lowest BCUT2D eigenvalue weighted by Crippen LogP contribution is -2.25. The van der Waals surface area contributed by atoms with Crippen molar-refractivity contribution in [2.45, 2.75) is 6.04 Å². The molecule has 0 bridgehead atoms. The van der Waals surface area contributed by atoms with Crippen LogP contribution in [0.15, 0.2) is 24.3 Å². The van der Waals surface area contributed by atoms with E-state index in [0.29, 0.717) is 5.02 Å². The summed E-state index contributed by atoms with van der Waals surface area (Å²) in [5, 5.41) is 2.85. The van der Waals surface area contributed by atoms with Crippen molar-refractivity contribution < 1.29 is 9.59 Å². The summed E-state index contributed by atoms with van der Waals surface area (Å²) >= 11 is 5.74. The third-order valence-electron chi connectivity index (χ3n) is 2.37. The zero-order chi connectivity index (χ0) is 11.0. The highest BCUT2D eigenvalue weighted by Crippen LogP contribution is 2.24. The number of hydrogen-bond donors (Lipinski definition) is 1. The maximum Gasteiger partial charge on any atom is 0.324 e. The number of nitrogens with zero attached hydrogens (tertiary/aromatic N) is 1. The average molecular weight is 225 g/mol. The van der Waals surface area contributed by atoms with Crippen LogP contribution in [0.25, 0.3) is 0 Å². The van der Waals surface area contributed by atoms with E-state index in [4.69, 9.17) is 11.6 Å². The maximum absolute atomic E-state index is 11.5. The van der Waals surface area contributed by atoms with Gasteiger partial charge in [-0.05, 0) is 17.7 Å². The SMILES string of the molecule is CN1C(=O)NC(=O)C1c1ccc(Cl)cc1. The van der Waals surface area contributed by atoms with Crippen LogP contribution in [0.3, 0.4) is 0 Å². The second kappa shape index (κ2) is 3.55. The van der Waals surface area contributed by atoms with E-state index in [2.05, 4.69) is 5.32 Å². The van der Waals surface area contributed by atoms with Crippen LogP contribution in [0, 0.1) is 0 Å². The van der Waals surface area contributed by atoms with Gasteiger partial charge in [0.05, 0.1) is 0 Å². The second-order valence-electron chi connectivity index (χ2n) is 3.36. The first-order valence-corrected chi connectivity index (χ1v) is 4.80. The van der Waals surface area contributed by atoms with Crippen LogP contribution in [0.5, 0.6) is 0 Å². The molecular formula is C10H9ClN2O2. The lowest BCUT2D eigenvalue weighted by Gasteiger charge is -2.16. The summed E-state index contributed by atoms with van der Waals surface area (Å²) in [5.41, 5.74) is 0.755. The molecule has 0 saturated carbocycles. The van der Waals surface area contributed by atoms with Crippen molar-refractivity contribution in [2.75, 3.05) is 7.05 Å². The smallest absolute Gasteiger partial charge is 0.311 e. The third kappa shape index (κ3) is 1.68. The Morgan fingerprint density at radius 2 is 1.87 bits per heavy atom. The van der Waals surface area contributed by atoms with Gasteiger partial charge < -0.3 is 4.90 Å². The summed E-state index contributed by atoms with van der Waals surface area (Å²) in [4.78, 5) is 24.0. The molecule has 1 aliphatic rings. The van der Waals surface area contributed by atoms with Gasteiger partial charge in [0.2, 0.25) is 0 Å². The van der Waals surface area contributed by atoms with E-state index >= 15 is 0 Å². The molecule has 1 unspecified atom stereocenters. The molecule has 1 atom stereocenters. The summed E-state index contributed by atoms with van der Waals surface area (Å²) in [7, 11) is 1.58. The van der Waals surface area contributed by atoms with Crippen LogP contribution in [0.4, 0.5) is 4.79 Å². The molecule has 1 aliphatic heterocycles. The van der Waals surface area contributed by atoms with Crippen molar-refractivity contribution in [2.24, 2.45) is 0 Å². The van der Waals surface area contributed by atoms with Gasteiger partial charge in [0.1, 0.15) is 6.04 Å². The van der Waals surface area contributed by atoms with Gasteiger partial charge in [-0.2, -0.15) is 0 Å². The lowest BCUT2D eigenvalue weighted by molar-refractivity contribution is -0.121. The van der Waals surface area contributed by atoms with E-state index in [0.717, 1.165) is 5.56 Å². The predicted molar refractivity (Wildman–Crippen MR) is 55.5 cm³/mol. The number of halogens is 1. The summed E-state index contributed by atoms with van der Waals surface area (Å²) < 4.78 is 0. The molecule has 1 saturated heterocycles. The van der Waals surface area contributed by atoms with Crippen LogP contribution in [0.2, 0.25) is 5.02 Å². The summed E-state index contributed by atoms with van der Waals surface area (Å²) in [6, 6.07) is 5.94. The monoisotopic (exact) mass is 224 g/mol. The Hall–Kier alpha value is -1.55. The van der Waals surface area contributed by atoms with Crippen molar-refractivity contribution in [1.82, 2.24) is 10.2 Å². The van der Waals surface area contributed by atoms with Crippen molar-refractivity contribution >= 4 is 23.5 Å². The highest BCUT2D eigenvalue weighted by atomic mass is 35.5. The number of benzene rings is 1. The Balaban J connectivity index is 2.34. The quantitative estimate of drug-likeness (QED) is 0.736. The van der Waals surface area contributed by atoms with E-state index in [9.17, 15) is 9.59 Å². The highest BCUT2D eigenvalue weighted by molar-refractivity contribution is 6.30. The summed E-state index contributed by atoms with van der Waals surface area (Å²) in [6.07, 6.45) is 0. The Morgan fingerprint density at radius 3 is 2.33 bits per heavy atom. The van der Waals surface area contributed by atoms with E-state index < -0.39 is 6.04 Å². The zero-order valence-electron chi connectivity index (χ0n) is 8.03. The average Bonchev–Trinajstić information content (AvgIpc) is 2.44. The Kier molecular flexibility index (Phi) is 2.36. The molecule has 3 amide bonds. The number of urea groups is 1. The number of carbonyl (C=O) groups excluding carboxylic acids is 2. The third-order valence-corrected chi connectivity index (χ3v) is 2.62. The number of hydrogen-bond acceptors (Lipinski definition) is 2. The van der Waals surface area contributed by atoms with Crippen LogP contribution >= 0.6 is 11.6 Å². The highest BCUT2D eigenvalue weighted by Gasteiger charge is 2.36. The standard InChI is InChI=1S/C10H9ClN2O2/c1-13-8(9(14)12-10(13)15)6-2-4-7(11)5-3-6/h2-5,8H,1H3,(H,12,14,15). The largest absolute Gasteiger partial charge is 0.324 e. The molecule has 0 radical (unpaired) electrons. The number of nitrogens with one attached hydrogen (secondary N) is 1. The fourth-order valence-corrected chi connectivity index (χ4v) is 1.70. The van der Waals surface area contributed by atoms with Gasteiger partial charge in [0.25, 0.3) is 5.91 Å². The number of rotatable bonds is 1. The molecule has 0 aliphatic carbocycles. The molecule has 1 heterocycles. The van der Waals surface area contributed by atoms with Crippen LogP contribution in [0.1, 0.15) is 11.6 Å². The number of carbonyl (C=O) groups is 2. The normalized spacial score (nSPS) is 20.7. The Bertz CT molecular complexity index is 416. The van der Waals surface area contributed by atoms with Gasteiger partial charge >= 0.3 is 6.03 Å². The van der Waals surface area contributed by atoms with Crippen molar-refractivity contribution in [3.63, 3.8) is 0 Å². The molecule has 2 rings (SSSR count). The molecule has 1 fully saturated rings. The topological polar surface area (TPSA) is 49.4 Å². The fraction of sp³-hybridized carbons (Fsp3) is 0.200. The van der Waals surface area contributed by atoms with Crippen LogP contribution < -0.4 is 5.32 Å². The van der Waals surface area contributed by atoms with Gasteiger partial charge in [0.15, 0.2) is 0 Å². The van der Waals surface area contributed by atoms with Crippen molar-refractivity contribution in [3.05, 3.63) is 34.9 Å². The summed E-state index contributed by atoms with van der Waals surface area (Å²) in [6.45, 7) is 0.